The van der Waals surface area contributed by atoms with Gasteiger partial charge in [-0.25, -0.2) is 13.4 Å². The summed E-state index contributed by atoms with van der Waals surface area (Å²) in [6.45, 7) is 10.3. The number of fused-ring (bicyclic) bond motifs is 1. The van der Waals surface area contributed by atoms with Crippen molar-refractivity contribution in [3.63, 3.8) is 0 Å². The molecule has 3 rings (SSSR count). The van der Waals surface area contributed by atoms with Gasteiger partial charge >= 0.3 is 0 Å². The molecule has 4 atom stereocenters. The van der Waals surface area contributed by atoms with Gasteiger partial charge in [0.15, 0.2) is 0 Å². The maximum Gasteiger partial charge on any atom is 0.241 e. The molecule has 0 spiro atoms. The van der Waals surface area contributed by atoms with Crippen molar-refractivity contribution in [3.05, 3.63) is 23.2 Å². The molecule has 6 nitrogen and oxygen atoms in total. The lowest BCUT2D eigenvalue weighted by molar-refractivity contribution is -0.124. The van der Waals surface area contributed by atoms with E-state index in [2.05, 4.69) is 28.9 Å². The van der Waals surface area contributed by atoms with Gasteiger partial charge in [0.2, 0.25) is 15.9 Å². The second kappa shape index (κ2) is 9.32. The molecule has 1 amide bonds. The summed E-state index contributed by atoms with van der Waals surface area (Å²) in [5.74, 6) is 0.889. The first kappa shape index (κ1) is 23.2. The van der Waals surface area contributed by atoms with Crippen LogP contribution in [-0.2, 0) is 14.8 Å². The maximum atomic E-state index is 13.1. The number of aryl methyl sites for hydroxylation is 1. The SMILES string of the molecule is Cc1nc2ccc(S(=O)(=O)N[C@H](CC(C)C)C(=O)N[C@@H]3CCC[C@@H](C)[C@@H]3C)cc2s1. The quantitative estimate of drug-likeness (QED) is 0.659. The van der Waals surface area contributed by atoms with E-state index in [4.69, 9.17) is 0 Å². The van der Waals surface area contributed by atoms with Crippen LogP contribution in [0.5, 0.6) is 0 Å². The van der Waals surface area contributed by atoms with Gasteiger partial charge < -0.3 is 5.32 Å². The lowest BCUT2D eigenvalue weighted by Crippen LogP contribution is -2.52. The number of thiazole rings is 1. The average Bonchev–Trinajstić information content (AvgIpc) is 3.03. The second-order valence-corrected chi connectivity index (χ2v) is 12.0. The summed E-state index contributed by atoms with van der Waals surface area (Å²) in [6.07, 6.45) is 3.66. The molecule has 1 aromatic heterocycles. The maximum absolute atomic E-state index is 13.1. The predicted octanol–water partition coefficient (Wildman–Crippen LogP) is 4.24. The van der Waals surface area contributed by atoms with Crippen molar-refractivity contribution in [1.82, 2.24) is 15.0 Å². The fourth-order valence-electron chi connectivity index (χ4n) is 4.19. The highest BCUT2D eigenvalue weighted by Gasteiger charge is 2.32. The Kier molecular flexibility index (Phi) is 7.20. The van der Waals surface area contributed by atoms with E-state index in [-0.39, 0.29) is 22.8 Å². The Balaban J connectivity index is 1.79. The number of carbonyl (C=O) groups is 1. The Labute approximate surface area is 183 Å². The van der Waals surface area contributed by atoms with E-state index in [0.29, 0.717) is 18.3 Å². The Hall–Kier alpha value is -1.51. The van der Waals surface area contributed by atoms with Crippen LogP contribution in [0.2, 0.25) is 0 Å². The number of nitrogens with zero attached hydrogens (tertiary/aromatic N) is 1. The van der Waals surface area contributed by atoms with E-state index in [0.717, 1.165) is 28.1 Å². The highest BCUT2D eigenvalue weighted by molar-refractivity contribution is 7.89. The van der Waals surface area contributed by atoms with Gasteiger partial charge in [-0.2, -0.15) is 4.72 Å². The van der Waals surface area contributed by atoms with Crippen molar-refractivity contribution in [2.75, 3.05) is 0 Å². The van der Waals surface area contributed by atoms with Gasteiger partial charge in [-0.1, -0.05) is 40.5 Å². The summed E-state index contributed by atoms with van der Waals surface area (Å²) < 4.78 is 29.7. The number of nitrogens with one attached hydrogen (secondary N) is 2. The van der Waals surface area contributed by atoms with Gasteiger partial charge in [-0.15, -0.1) is 11.3 Å². The van der Waals surface area contributed by atoms with Crippen LogP contribution in [0.1, 0.15) is 58.4 Å². The summed E-state index contributed by atoms with van der Waals surface area (Å²) in [5, 5.41) is 4.03. The van der Waals surface area contributed by atoms with E-state index >= 15 is 0 Å². The molecule has 1 aliphatic rings. The van der Waals surface area contributed by atoms with Gasteiger partial charge in [0.1, 0.15) is 6.04 Å². The summed E-state index contributed by atoms with van der Waals surface area (Å²) in [6, 6.07) is 4.21. The minimum absolute atomic E-state index is 0.0944. The molecule has 0 radical (unpaired) electrons. The molecule has 8 heteroatoms. The molecule has 30 heavy (non-hydrogen) atoms. The van der Waals surface area contributed by atoms with Gasteiger partial charge in [-0.3, -0.25) is 4.79 Å². The molecule has 1 aliphatic carbocycles. The third-order valence-electron chi connectivity index (χ3n) is 6.13. The van der Waals surface area contributed by atoms with Crippen LogP contribution >= 0.6 is 11.3 Å². The number of hydrogen-bond acceptors (Lipinski definition) is 5. The van der Waals surface area contributed by atoms with Gasteiger partial charge in [0.05, 0.1) is 20.1 Å². The van der Waals surface area contributed by atoms with Crippen molar-refractivity contribution >= 4 is 37.5 Å². The van der Waals surface area contributed by atoms with Crippen LogP contribution < -0.4 is 10.0 Å². The second-order valence-electron chi connectivity index (χ2n) is 9.05. The molecule has 1 heterocycles. The molecule has 1 fully saturated rings. The molecule has 0 saturated heterocycles. The Morgan fingerprint density at radius 1 is 1.27 bits per heavy atom. The molecule has 1 saturated carbocycles. The van der Waals surface area contributed by atoms with Crippen LogP contribution in [0.3, 0.4) is 0 Å². The van der Waals surface area contributed by atoms with Crippen molar-refractivity contribution < 1.29 is 13.2 Å². The third kappa shape index (κ3) is 5.39. The van der Waals surface area contributed by atoms with Crippen LogP contribution in [0.25, 0.3) is 10.2 Å². The van der Waals surface area contributed by atoms with Crippen molar-refractivity contribution in [2.45, 2.75) is 77.3 Å². The van der Waals surface area contributed by atoms with Crippen LogP contribution in [0.4, 0.5) is 0 Å². The zero-order chi connectivity index (χ0) is 22.1. The normalized spacial score (nSPS) is 23.6. The predicted molar refractivity (Wildman–Crippen MR) is 122 cm³/mol. The Morgan fingerprint density at radius 2 is 2.00 bits per heavy atom. The summed E-state index contributed by atoms with van der Waals surface area (Å²) in [5.41, 5.74) is 0.785. The fourth-order valence-corrected chi connectivity index (χ4v) is 6.37. The Bertz CT molecular complexity index is 1000. The average molecular weight is 452 g/mol. The number of carbonyl (C=O) groups excluding carboxylic acids is 1. The molecule has 2 N–H and O–H groups in total. The highest BCUT2D eigenvalue weighted by Crippen LogP contribution is 2.30. The largest absolute Gasteiger partial charge is 0.352 e. The van der Waals surface area contributed by atoms with Gasteiger partial charge in [0.25, 0.3) is 0 Å². The minimum atomic E-state index is -3.83. The van der Waals surface area contributed by atoms with Crippen molar-refractivity contribution in [2.24, 2.45) is 17.8 Å². The standard InChI is InChI=1S/C22H33N3O3S2/c1-13(2)11-20(22(26)24-18-8-6-7-14(3)15(18)4)25-30(27,28)17-9-10-19-21(12-17)29-16(5)23-19/h9-10,12-15,18,20,25H,6-8,11H2,1-5H3,(H,24,26)/t14-,15+,18-,20-/m1/s1. The van der Waals surface area contributed by atoms with Gasteiger partial charge in [0, 0.05) is 6.04 Å². The van der Waals surface area contributed by atoms with E-state index < -0.39 is 16.1 Å². The van der Waals surface area contributed by atoms with E-state index in [1.54, 1.807) is 18.2 Å². The number of amides is 1. The molecular formula is C22H33N3O3S2. The first-order valence-electron chi connectivity index (χ1n) is 10.8. The van der Waals surface area contributed by atoms with Crippen LogP contribution in [0.15, 0.2) is 23.1 Å². The molecule has 0 bridgehead atoms. The zero-order valence-electron chi connectivity index (χ0n) is 18.4. The molecule has 2 aromatic rings. The summed E-state index contributed by atoms with van der Waals surface area (Å²) in [4.78, 5) is 17.6. The fraction of sp³-hybridized carbons (Fsp3) is 0.636. The molecular weight excluding hydrogens is 418 g/mol. The monoisotopic (exact) mass is 451 g/mol. The van der Waals surface area contributed by atoms with Crippen molar-refractivity contribution in [3.8, 4) is 0 Å². The number of aromatic nitrogens is 1. The molecule has 166 valence electrons. The lowest BCUT2D eigenvalue weighted by atomic mass is 9.78. The van der Waals surface area contributed by atoms with Crippen LogP contribution in [0, 0.1) is 24.7 Å². The van der Waals surface area contributed by atoms with Crippen LogP contribution in [-0.4, -0.2) is 31.4 Å². The minimum Gasteiger partial charge on any atom is -0.352 e. The first-order valence-corrected chi connectivity index (χ1v) is 13.1. The molecule has 0 aliphatic heterocycles. The molecule has 1 aromatic carbocycles. The molecule has 0 unspecified atom stereocenters. The topological polar surface area (TPSA) is 88.2 Å². The first-order chi connectivity index (χ1) is 14.1. The highest BCUT2D eigenvalue weighted by atomic mass is 32.2. The zero-order valence-corrected chi connectivity index (χ0v) is 20.1. The van der Waals surface area contributed by atoms with Gasteiger partial charge in [-0.05, 0) is 55.7 Å². The smallest absolute Gasteiger partial charge is 0.241 e. The number of rotatable bonds is 7. The van der Waals surface area contributed by atoms with E-state index in [1.165, 1.54) is 17.8 Å². The number of hydrogen-bond donors (Lipinski definition) is 2. The summed E-state index contributed by atoms with van der Waals surface area (Å²) in [7, 11) is -3.83. The summed E-state index contributed by atoms with van der Waals surface area (Å²) >= 11 is 1.46. The van der Waals surface area contributed by atoms with E-state index in [1.807, 2.05) is 20.8 Å². The number of sulfonamides is 1. The number of benzene rings is 1. The van der Waals surface area contributed by atoms with E-state index in [9.17, 15) is 13.2 Å². The third-order valence-corrected chi connectivity index (χ3v) is 8.54. The van der Waals surface area contributed by atoms with Crippen molar-refractivity contribution in [1.29, 1.82) is 0 Å². The lowest BCUT2D eigenvalue weighted by Gasteiger charge is -2.35. The Morgan fingerprint density at radius 3 is 2.70 bits per heavy atom.